The molecule has 0 radical (unpaired) electrons. The van der Waals surface area contributed by atoms with Crippen molar-refractivity contribution in [1.29, 1.82) is 0 Å². The number of likely N-dealkylation sites (tertiary alicyclic amines) is 1. The topological polar surface area (TPSA) is 72.9 Å². The fourth-order valence-corrected chi connectivity index (χ4v) is 4.31. The molecule has 1 saturated heterocycles. The second-order valence-electron chi connectivity index (χ2n) is 6.72. The van der Waals surface area contributed by atoms with Crippen LogP contribution in [0.3, 0.4) is 0 Å². The highest BCUT2D eigenvalue weighted by Gasteiger charge is 2.28. The van der Waals surface area contributed by atoms with Gasteiger partial charge in [0.05, 0.1) is 18.3 Å². The number of nitrogens with zero attached hydrogens (tertiary/aromatic N) is 1. The number of carbonyl (C=O) groups excluding carboxylic acids is 3. The van der Waals surface area contributed by atoms with Crippen molar-refractivity contribution in [2.24, 2.45) is 5.92 Å². The minimum atomic E-state index is -0.417. The van der Waals surface area contributed by atoms with Crippen LogP contribution in [0.25, 0.3) is 0 Å². The Hall–Kier alpha value is -1.54. The van der Waals surface area contributed by atoms with Crippen molar-refractivity contribution in [3.8, 4) is 0 Å². The van der Waals surface area contributed by atoms with Gasteiger partial charge in [0.2, 0.25) is 0 Å². The normalized spacial score (nSPS) is 14.6. The molecule has 0 N–H and O–H groups in total. The Morgan fingerprint density at radius 1 is 1.14 bits per heavy atom. The molecule has 0 aliphatic carbocycles. The van der Waals surface area contributed by atoms with Crippen LogP contribution >= 0.6 is 27.7 Å². The van der Waals surface area contributed by atoms with E-state index < -0.39 is 5.97 Å². The number of halogens is 1. The van der Waals surface area contributed by atoms with Gasteiger partial charge in [-0.3, -0.25) is 14.4 Å². The SMILES string of the molecule is CCOC(=O)C1CCN(C(=O)COC(=O)CSc2cc(C)c(Br)cc2C)CC1. The van der Waals surface area contributed by atoms with E-state index in [0.717, 1.165) is 20.5 Å². The average molecular weight is 472 g/mol. The van der Waals surface area contributed by atoms with Gasteiger partial charge in [-0.1, -0.05) is 15.9 Å². The van der Waals surface area contributed by atoms with E-state index in [9.17, 15) is 14.4 Å². The first-order valence-electron chi connectivity index (χ1n) is 9.31. The Kier molecular flexibility index (Phi) is 8.82. The van der Waals surface area contributed by atoms with E-state index >= 15 is 0 Å². The smallest absolute Gasteiger partial charge is 0.316 e. The van der Waals surface area contributed by atoms with E-state index in [1.54, 1.807) is 11.8 Å². The summed E-state index contributed by atoms with van der Waals surface area (Å²) in [5.41, 5.74) is 2.18. The molecule has 8 heteroatoms. The zero-order chi connectivity index (χ0) is 20.7. The second kappa shape index (κ2) is 10.9. The summed E-state index contributed by atoms with van der Waals surface area (Å²) < 4.78 is 11.2. The predicted molar refractivity (Wildman–Crippen MR) is 111 cm³/mol. The Bertz CT molecular complexity index is 732. The lowest BCUT2D eigenvalue weighted by Crippen LogP contribution is -2.42. The molecule has 1 fully saturated rings. The van der Waals surface area contributed by atoms with Crippen LogP contribution in [0.4, 0.5) is 0 Å². The molecule has 1 aliphatic rings. The molecule has 1 aromatic rings. The van der Waals surface area contributed by atoms with Gasteiger partial charge in [0.15, 0.2) is 6.61 Å². The summed E-state index contributed by atoms with van der Waals surface area (Å²) in [5, 5.41) is 0. The van der Waals surface area contributed by atoms with E-state index in [1.165, 1.54) is 11.8 Å². The van der Waals surface area contributed by atoms with Crippen LogP contribution in [-0.4, -0.2) is 54.8 Å². The Labute approximate surface area is 178 Å². The Morgan fingerprint density at radius 3 is 2.46 bits per heavy atom. The number of piperidine rings is 1. The number of ether oxygens (including phenoxy) is 2. The first kappa shape index (κ1) is 22.7. The summed E-state index contributed by atoms with van der Waals surface area (Å²) in [6, 6.07) is 4.04. The van der Waals surface area contributed by atoms with Crippen LogP contribution in [0.1, 0.15) is 30.9 Å². The van der Waals surface area contributed by atoms with Crippen molar-refractivity contribution in [3.63, 3.8) is 0 Å². The minimum absolute atomic E-state index is 0.152. The van der Waals surface area contributed by atoms with Crippen molar-refractivity contribution < 1.29 is 23.9 Å². The molecule has 2 rings (SSSR count). The molecule has 1 aromatic carbocycles. The van der Waals surface area contributed by atoms with E-state index in [1.807, 2.05) is 26.0 Å². The molecule has 1 aliphatic heterocycles. The van der Waals surface area contributed by atoms with Gasteiger partial charge in [-0.25, -0.2) is 0 Å². The highest BCUT2D eigenvalue weighted by molar-refractivity contribution is 9.10. The molecule has 1 amide bonds. The van der Waals surface area contributed by atoms with Crippen LogP contribution in [0.2, 0.25) is 0 Å². The third kappa shape index (κ3) is 6.51. The molecule has 0 bridgehead atoms. The number of benzene rings is 1. The van der Waals surface area contributed by atoms with Crippen molar-refractivity contribution in [2.75, 3.05) is 32.1 Å². The van der Waals surface area contributed by atoms with Crippen molar-refractivity contribution in [2.45, 2.75) is 38.5 Å². The number of hydrogen-bond acceptors (Lipinski definition) is 6. The zero-order valence-electron chi connectivity index (χ0n) is 16.5. The van der Waals surface area contributed by atoms with Crippen LogP contribution < -0.4 is 0 Å². The number of thioether (sulfide) groups is 1. The molecule has 0 atom stereocenters. The van der Waals surface area contributed by atoms with E-state index in [-0.39, 0.29) is 30.2 Å². The quantitative estimate of drug-likeness (QED) is 0.447. The number of rotatable bonds is 7. The summed E-state index contributed by atoms with van der Waals surface area (Å²) in [7, 11) is 0. The third-order valence-electron chi connectivity index (χ3n) is 4.63. The monoisotopic (exact) mass is 471 g/mol. The summed E-state index contributed by atoms with van der Waals surface area (Å²) in [6.45, 7) is 6.82. The maximum absolute atomic E-state index is 12.2. The number of esters is 2. The standard InChI is InChI=1S/C20H26BrNO5S/c1-4-26-20(25)15-5-7-22(8-6-15)18(23)11-27-19(24)12-28-17-10-13(2)16(21)9-14(17)3/h9-10,15H,4-8,11-12H2,1-3H3. The zero-order valence-corrected chi connectivity index (χ0v) is 18.9. The number of aryl methyl sites for hydroxylation is 2. The molecular weight excluding hydrogens is 446 g/mol. The molecule has 154 valence electrons. The molecule has 28 heavy (non-hydrogen) atoms. The molecular formula is C20H26BrNO5S. The van der Waals surface area contributed by atoms with Crippen molar-refractivity contribution in [1.82, 2.24) is 4.90 Å². The number of amides is 1. The molecule has 0 saturated carbocycles. The molecule has 1 heterocycles. The third-order valence-corrected chi connectivity index (χ3v) is 6.61. The first-order valence-corrected chi connectivity index (χ1v) is 11.1. The molecule has 0 spiro atoms. The number of hydrogen-bond donors (Lipinski definition) is 0. The highest BCUT2D eigenvalue weighted by Crippen LogP contribution is 2.28. The second-order valence-corrected chi connectivity index (χ2v) is 8.59. The largest absolute Gasteiger partial charge is 0.466 e. The maximum Gasteiger partial charge on any atom is 0.316 e. The van der Waals surface area contributed by atoms with Crippen LogP contribution in [-0.2, 0) is 23.9 Å². The molecule has 0 unspecified atom stereocenters. The van der Waals surface area contributed by atoms with Crippen LogP contribution in [0.5, 0.6) is 0 Å². The molecule has 6 nitrogen and oxygen atoms in total. The van der Waals surface area contributed by atoms with Gasteiger partial charge >= 0.3 is 11.9 Å². The predicted octanol–water partition coefficient (Wildman–Crippen LogP) is 3.50. The van der Waals surface area contributed by atoms with Gasteiger partial charge in [0.25, 0.3) is 5.91 Å². The lowest BCUT2D eigenvalue weighted by molar-refractivity contribution is -0.153. The molecule has 0 aromatic heterocycles. The number of carbonyl (C=O) groups is 3. The fraction of sp³-hybridized carbons (Fsp3) is 0.550. The van der Waals surface area contributed by atoms with Gasteiger partial charge in [-0.2, -0.15) is 0 Å². The Balaban J connectivity index is 1.72. The summed E-state index contributed by atoms with van der Waals surface area (Å²) in [4.78, 5) is 38.6. The first-order chi connectivity index (χ1) is 13.3. The summed E-state index contributed by atoms with van der Waals surface area (Å²) in [5.74, 6) is -0.840. The van der Waals surface area contributed by atoms with Gasteiger partial charge in [0, 0.05) is 22.5 Å². The fourth-order valence-electron chi connectivity index (χ4n) is 2.95. The van der Waals surface area contributed by atoms with Crippen molar-refractivity contribution in [3.05, 3.63) is 27.7 Å². The van der Waals surface area contributed by atoms with E-state index in [0.29, 0.717) is 32.5 Å². The summed E-state index contributed by atoms with van der Waals surface area (Å²) >= 11 is 4.89. The van der Waals surface area contributed by atoms with Gasteiger partial charge in [0.1, 0.15) is 0 Å². The van der Waals surface area contributed by atoms with Gasteiger partial charge < -0.3 is 14.4 Å². The van der Waals surface area contributed by atoms with E-state index in [4.69, 9.17) is 9.47 Å². The van der Waals surface area contributed by atoms with E-state index in [2.05, 4.69) is 15.9 Å². The average Bonchev–Trinajstić information content (AvgIpc) is 2.68. The van der Waals surface area contributed by atoms with Gasteiger partial charge in [-0.05, 0) is 56.9 Å². The lowest BCUT2D eigenvalue weighted by atomic mass is 9.97. The summed E-state index contributed by atoms with van der Waals surface area (Å²) in [6.07, 6.45) is 1.16. The van der Waals surface area contributed by atoms with Crippen molar-refractivity contribution >= 4 is 45.5 Å². The maximum atomic E-state index is 12.2. The highest BCUT2D eigenvalue weighted by atomic mass is 79.9. The minimum Gasteiger partial charge on any atom is -0.466 e. The van der Waals surface area contributed by atoms with Crippen LogP contribution in [0, 0.1) is 19.8 Å². The van der Waals surface area contributed by atoms with Gasteiger partial charge in [-0.15, -0.1) is 11.8 Å². The Morgan fingerprint density at radius 2 is 1.82 bits per heavy atom. The lowest BCUT2D eigenvalue weighted by Gasteiger charge is -2.30. The van der Waals surface area contributed by atoms with Crippen LogP contribution in [0.15, 0.2) is 21.5 Å².